The van der Waals surface area contributed by atoms with E-state index >= 15 is 0 Å². The van der Waals surface area contributed by atoms with E-state index in [-0.39, 0.29) is 23.4 Å². The van der Waals surface area contributed by atoms with E-state index in [1.54, 1.807) is 19.2 Å². The number of nitrogens with one attached hydrogen (secondary N) is 2. The van der Waals surface area contributed by atoms with Crippen LogP contribution in [-0.4, -0.2) is 42.7 Å². The fourth-order valence-corrected chi connectivity index (χ4v) is 3.91. The topological polar surface area (TPSA) is 110 Å². The van der Waals surface area contributed by atoms with Gasteiger partial charge in [-0.1, -0.05) is 6.07 Å². The van der Waals surface area contributed by atoms with Crippen molar-refractivity contribution in [2.75, 3.05) is 32.5 Å². The molecular formula is C22H28N4O3. The first-order valence-electron chi connectivity index (χ1n) is 10.3. The van der Waals surface area contributed by atoms with Crippen LogP contribution in [0.4, 0.5) is 5.82 Å². The lowest BCUT2D eigenvalue weighted by molar-refractivity contribution is 0.0962. The van der Waals surface area contributed by atoms with Crippen LogP contribution < -0.4 is 21.1 Å². The lowest BCUT2D eigenvalue weighted by atomic mass is 9.87. The van der Waals surface area contributed by atoms with E-state index < -0.39 is 0 Å². The van der Waals surface area contributed by atoms with E-state index in [1.807, 2.05) is 12.1 Å². The number of carbonyl (C=O) groups is 1. The monoisotopic (exact) mass is 396 g/mol. The molecule has 0 radical (unpaired) electrons. The van der Waals surface area contributed by atoms with Crippen molar-refractivity contribution in [3.8, 4) is 22.8 Å². The van der Waals surface area contributed by atoms with Crippen LogP contribution in [0.2, 0.25) is 0 Å². The highest BCUT2D eigenvalue weighted by atomic mass is 16.5. The van der Waals surface area contributed by atoms with Crippen LogP contribution in [0.25, 0.3) is 11.3 Å². The predicted molar refractivity (Wildman–Crippen MR) is 112 cm³/mol. The number of pyridine rings is 1. The first-order chi connectivity index (χ1) is 14.1. The SMILES string of the molecule is CNC(=O)c1c(C2CCCNC2)cc(-c2c(O)cccc2OCC2CC2)nc1N. The van der Waals surface area contributed by atoms with Gasteiger partial charge in [0.05, 0.1) is 23.4 Å². The van der Waals surface area contributed by atoms with Crippen LogP contribution >= 0.6 is 0 Å². The van der Waals surface area contributed by atoms with Gasteiger partial charge in [0.1, 0.15) is 17.3 Å². The van der Waals surface area contributed by atoms with Crippen molar-refractivity contribution < 1.29 is 14.6 Å². The standard InChI is InChI=1S/C22H28N4O3/c1-24-22(28)19-15(14-4-3-9-25-11-14)10-16(26-21(19)23)20-17(27)5-2-6-18(20)29-12-13-7-8-13/h2,5-6,10,13-14,25,27H,3-4,7-9,11-12H2,1H3,(H2,23,26)(H,24,28). The minimum absolute atomic E-state index is 0.0885. The number of nitrogens with zero attached hydrogens (tertiary/aromatic N) is 1. The van der Waals surface area contributed by atoms with Crippen LogP contribution in [0, 0.1) is 5.92 Å². The smallest absolute Gasteiger partial charge is 0.255 e. The van der Waals surface area contributed by atoms with Gasteiger partial charge >= 0.3 is 0 Å². The maximum absolute atomic E-state index is 12.5. The van der Waals surface area contributed by atoms with E-state index in [9.17, 15) is 9.90 Å². The molecule has 1 atom stereocenters. The van der Waals surface area contributed by atoms with Gasteiger partial charge in [0.15, 0.2) is 0 Å². The van der Waals surface area contributed by atoms with Crippen molar-refractivity contribution in [3.63, 3.8) is 0 Å². The number of ether oxygens (including phenoxy) is 1. The second kappa shape index (κ2) is 8.29. The average Bonchev–Trinajstić information content (AvgIpc) is 3.56. The molecule has 1 unspecified atom stereocenters. The number of piperidine rings is 1. The number of anilines is 1. The number of nitrogen functional groups attached to an aromatic ring is 1. The molecule has 2 heterocycles. The van der Waals surface area contributed by atoms with Crippen molar-refractivity contribution in [1.82, 2.24) is 15.6 Å². The number of aromatic hydroxyl groups is 1. The second-order valence-corrected chi connectivity index (χ2v) is 7.88. The van der Waals surface area contributed by atoms with Crippen molar-refractivity contribution >= 4 is 11.7 Å². The zero-order chi connectivity index (χ0) is 20.4. The van der Waals surface area contributed by atoms with Gasteiger partial charge in [-0.25, -0.2) is 4.98 Å². The Hall–Kier alpha value is -2.80. The Morgan fingerprint density at radius 1 is 1.38 bits per heavy atom. The van der Waals surface area contributed by atoms with Gasteiger partial charge in [-0.3, -0.25) is 4.79 Å². The fraction of sp³-hybridized carbons (Fsp3) is 0.455. The molecule has 1 saturated carbocycles. The Balaban J connectivity index is 1.80. The molecule has 29 heavy (non-hydrogen) atoms. The summed E-state index contributed by atoms with van der Waals surface area (Å²) in [6, 6.07) is 7.10. The quantitative estimate of drug-likeness (QED) is 0.598. The van der Waals surface area contributed by atoms with Crippen LogP contribution in [0.1, 0.15) is 47.5 Å². The molecule has 1 saturated heterocycles. The third-order valence-electron chi connectivity index (χ3n) is 5.70. The van der Waals surface area contributed by atoms with Crippen molar-refractivity contribution in [3.05, 3.63) is 35.4 Å². The van der Waals surface area contributed by atoms with Crippen molar-refractivity contribution in [2.24, 2.45) is 5.92 Å². The van der Waals surface area contributed by atoms with Crippen molar-refractivity contribution in [2.45, 2.75) is 31.6 Å². The maximum Gasteiger partial charge on any atom is 0.255 e. The van der Waals surface area contributed by atoms with Crippen molar-refractivity contribution in [1.29, 1.82) is 0 Å². The van der Waals surface area contributed by atoms with E-state index in [0.29, 0.717) is 35.1 Å². The molecule has 1 aromatic heterocycles. The summed E-state index contributed by atoms with van der Waals surface area (Å²) in [6.07, 6.45) is 4.35. The molecular weight excluding hydrogens is 368 g/mol. The summed E-state index contributed by atoms with van der Waals surface area (Å²) in [5, 5.41) is 16.7. The van der Waals surface area contributed by atoms with E-state index in [4.69, 9.17) is 10.5 Å². The summed E-state index contributed by atoms with van der Waals surface area (Å²) < 4.78 is 5.99. The molecule has 0 spiro atoms. The van der Waals surface area contributed by atoms with Gasteiger partial charge < -0.3 is 26.2 Å². The van der Waals surface area contributed by atoms with Gasteiger partial charge in [0.2, 0.25) is 0 Å². The second-order valence-electron chi connectivity index (χ2n) is 7.88. The number of phenolic OH excluding ortho intramolecular Hbond substituents is 1. The average molecular weight is 396 g/mol. The molecule has 1 aliphatic carbocycles. The molecule has 1 aliphatic heterocycles. The number of rotatable bonds is 6. The van der Waals surface area contributed by atoms with Gasteiger partial charge in [-0.2, -0.15) is 0 Å². The van der Waals surface area contributed by atoms with Gasteiger partial charge in [0, 0.05) is 13.6 Å². The van der Waals surface area contributed by atoms with Crippen LogP contribution in [0.5, 0.6) is 11.5 Å². The fourth-order valence-electron chi connectivity index (χ4n) is 3.91. The molecule has 2 fully saturated rings. The number of amides is 1. The predicted octanol–water partition coefficient (Wildman–Crippen LogP) is 2.65. The Labute approximate surface area is 170 Å². The minimum Gasteiger partial charge on any atom is -0.507 e. The molecule has 4 rings (SSSR count). The molecule has 2 aliphatic rings. The molecule has 7 nitrogen and oxygen atoms in total. The van der Waals surface area contributed by atoms with Gasteiger partial charge in [0.25, 0.3) is 5.91 Å². The Kier molecular flexibility index (Phi) is 5.58. The van der Waals surface area contributed by atoms with Gasteiger partial charge in [-0.15, -0.1) is 0 Å². The van der Waals surface area contributed by atoms with E-state index in [1.165, 1.54) is 12.8 Å². The Morgan fingerprint density at radius 3 is 2.90 bits per heavy atom. The van der Waals surface area contributed by atoms with Gasteiger partial charge in [-0.05, 0) is 67.8 Å². The lowest BCUT2D eigenvalue weighted by Crippen LogP contribution is -2.31. The highest BCUT2D eigenvalue weighted by Gasteiger charge is 2.27. The zero-order valence-corrected chi connectivity index (χ0v) is 16.7. The van der Waals surface area contributed by atoms with Crippen LogP contribution in [0.15, 0.2) is 24.3 Å². The third-order valence-corrected chi connectivity index (χ3v) is 5.70. The number of benzene rings is 1. The number of carbonyl (C=O) groups excluding carboxylic acids is 1. The first kappa shape index (κ1) is 19.5. The largest absolute Gasteiger partial charge is 0.507 e. The third kappa shape index (κ3) is 4.15. The number of hydrogen-bond donors (Lipinski definition) is 4. The molecule has 1 aromatic carbocycles. The number of aromatic nitrogens is 1. The zero-order valence-electron chi connectivity index (χ0n) is 16.7. The Morgan fingerprint density at radius 2 is 2.21 bits per heavy atom. The highest BCUT2D eigenvalue weighted by Crippen LogP contribution is 2.41. The molecule has 2 aromatic rings. The molecule has 154 valence electrons. The first-order valence-corrected chi connectivity index (χ1v) is 10.3. The van der Waals surface area contributed by atoms with Crippen LogP contribution in [0.3, 0.4) is 0 Å². The minimum atomic E-state index is -0.246. The highest BCUT2D eigenvalue weighted by molar-refractivity contribution is 6.00. The summed E-state index contributed by atoms with van der Waals surface area (Å²) in [4.78, 5) is 17.0. The normalized spacial score (nSPS) is 19.0. The maximum atomic E-state index is 12.5. The summed E-state index contributed by atoms with van der Waals surface area (Å²) in [7, 11) is 1.59. The lowest BCUT2D eigenvalue weighted by Gasteiger charge is -2.26. The van der Waals surface area contributed by atoms with E-state index in [2.05, 4.69) is 15.6 Å². The molecule has 5 N–H and O–H groups in total. The number of nitrogens with two attached hydrogens (primary N) is 1. The summed E-state index contributed by atoms with van der Waals surface area (Å²) in [6.45, 7) is 2.37. The summed E-state index contributed by atoms with van der Waals surface area (Å²) in [5.41, 5.74) is 8.58. The number of hydrogen-bond acceptors (Lipinski definition) is 6. The van der Waals surface area contributed by atoms with E-state index in [0.717, 1.165) is 31.5 Å². The Bertz CT molecular complexity index is 905. The number of phenols is 1. The molecule has 0 bridgehead atoms. The summed E-state index contributed by atoms with van der Waals surface area (Å²) in [5.74, 6) is 1.34. The molecule has 7 heteroatoms. The molecule has 1 amide bonds. The summed E-state index contributed by atoms with van der Waals surface area (Å²) >= 11 is 0. The van der Waals surface area contributed by atoms with Crippen LogP contribution in [-0.2, 0) is 0 Å².